The summed E-state index contributed by atoms with van der Waals surface area (Å²) >= 11 is 1.73. The lowest BCUT2D eigenvalue weighted by Gasteiger charge is -2.91. The van der Waals surface area contributed by atoms with Crippen LogP contribution in [0.3, 0.4) is 0 Å². The second-order valence-corrected chi connectivity index (χ2v) is 25.4. The standard InChI is InChI=1S/C55H57BF6N2S/c1-48(2,3)29-11-14-37(15-12-29)63-40-16-13-30(49(4,5)6)24-39(40)56-44-41(63)25-31(52-27-35-19-32-20-36(28-52)53(32,35)52)26-42(44)64(38-22-33(54(57,58)59)21-34(23-38)55(60,61)62)45-43-46(65-47(45)56)51(9,10)18-17-50(43,7)8/h11-16,21-26,32,35-36H,17-20,27-28H2,1-10H3. The van der Waals surface area contributed by atoms with Gasteiger partial charge in [0.05, 0.1) is 16.8 Å². The number of nitrogens with zero attached hydrogens (tertiary/aromatic N) is 2. The minimum atomic E-state index is -5.00. The van der Waals surface area contributed by atoms with E-state index in [1.54, 1.807) is 11.3 Å². The van der Waals surface area contributed by atoms with Crippen LogP contribution in [0.2, 0.25) is 0 Å². The number of benzene rings is 4. The Morgan fingerprint density at radius 2 is 1.14 bits per heavy atom. The van der Waals surface area contributed by atoms with Gasteiger partial charge in [0.2, 0.25) is 0 Å². The van der Waals surface area contributed by atoms with Crippen molar-refractivity contribution < 1.29 is 26.3 Å². The predicted octanol–water partition coefficient (Wildman–Crippen LogP) is 14.5. The Hall–Kier alpha value is -4.18. The van der Waals surface area contributed by atoms with Crippen LogP contribution in [0.15, 0.2) is 72.8 Å². The number of fused-ring (bicyclic) bond motifs is 6. The molecule has 4 saturated carbocycles. The number of halogens is 6. The molecule has 2 nitrogen and oxygen atoms in total. The molecule has 0 amide bonds. The molecule has 2 aliphatic heterocycles. The Balaban J connectivity index is 1.23. The van der Waals surface area contributed by atoms with Crippen molar-refractivity contribution in [2.45, 2.75) is 147 Å². The largest absolute Gasteiger partial charge is 0.416 e. The second-order valence-electron chi connectivity index (χ2n) is 24.4. The maximum absolute atomic E-state index is 15.0. The summed E-state index contributed by atoms with van der Waals surface area (Å²) in [5.41, 5.74) is 7.69. The first-order valence-electron chi connectivity index (χ1n) is 23.7. The van der Waals surface area contributed by atoms with E-state index in [1.165, 1.54) is 34.4 Å². The number of alkyl halides is 6. The van der Waals surface area contributed by atoms with Crippen molar-refractivity contribution in [3.05, 3.63) is 111 Å². The summed E-state index contributed by atoms with van der Waals surface area (Å²) < 4.78 is 91.1. The summed E-state index contributed by atoms with van der Waals surface area (Å²) in [6.07, 6.45) is -3.57. The molecule has 4 aromatic carbocycles. The first-order chi connectivity index (χ1) is 30.2. The van der Waals surface area contributed by atoms with Gasteiger partial charge in [-0.05, 0) is 165 Å². The molecule has 5 aromatic rings. The molecule has 1 spiro atoms. The van der Waals surface area contributed by atoms with E-state index in [0.717, 1.165) is 81.8 Å². The fraction of sp³-hybridized carbons (Fsp3) is 0.491. The molecule has 0 N–H and O–H groups in total. The monoisotopic (exact) mass is 902 g/mol. The van der Waals surface area contributed by atoms with E-state index in [-0.39, 0.29) is 45.5 Å². The quantitative estimate of drug-likeness (QED) is 0.129. The van der Waals surface area contributed by atoms with E-state index in [1.807, 2.05) is 4.90 Å². The van der Waals surface area contributed by atoms with Crippen molar-refractivity contribution in [2.24, 2.45) is 23.2 Å². The molecule has 0 bridgehead atoms. The Morgan fingerprint density at radius 3 is 1.68 bits per heavy atom. The molecule has 2 unspecified atom stereocenters. The number of thiophene rings is 1. The van der Waals surface area contributed by atoms with Crippen LogP contribution in [-0.4, -0.2) is 6.71 Å². The summed E-state index contributed by atoms with van der Waals surface area (Å²) in [4.78, 5) is 5.42. The molecule has 65 heavy (non-hydrogen) atoms. The highest BCUT2D eigenvalue weighted by atomic mass is 32.1. The number of hydrogen-bond acceptors (Lipinski definition) is 3. The maximum Gasteiger partial charge on any atom is 0.416 e. The predicted molar refractivity (Wildman–Crippen MR) is 254 cm³/mol. The molecule has 5 aliphatic carbocycles. The minimum absolute atomic E-state index is 0.0606. The SMILES string of the molecule is CC(C)(C)c1ccc(N2c3ccc(C(C)(C)C)cc3B3c4sc5c(c4N(c4cc(C(F)(F)F)cc(C(F)(F)F)c4)c4cc(C67CC8CC9CC(C6)C987)cc2c43)C(C)(C)CCC5(C)C)cc1. The molecular weight excluding hydrogens is 845 g/mol. The first-order valence-corrected chi connectivity index (χ1v) is 24.5. The molecule has 0 saturated heterocycles. The normalized spacial score (nSPS) is 27.4. The van der Waals surface area contributed by atoms with Crippen molar-refractivity contribution in [3.8, 4) is 0 Å². The van der Waals surface area contributed by atoms with E-state index in [2.05, 4.69) is 129 Å². The van der Waals surface area contributed by atoms with Gasteiger partial charge in [0.25, 0.3) is 6.71 Å². The van der Waals surface area contributed by atoms with E-state index in [4.69, 9.17) is 0 Å². The number of hydrogen-bond donors (Lipinski definition) is 0. The zero-order valence-corrected chi connectivity index (χ0v) is 39.9. The topological polar surface area (TPSA) is 6.48 Å². The van der Waals surface area contributed by atoms with Crippen molar-refractivity contribution in [1.82, 2.24) is 0 Å². The van der Waals surface area contributed by atoms with Crippen molar-refractivity contribution in [2.75, 3.05) is 9.80 Å². The van der Waals surface area contributed by atoms with Crippen LogP contribution in [-0.2, 0) is 39.4 Å². The highest BCUT2D eigenvalue weighted by Crippen LogP contribution is 2.92. The van der Waals surface area contributed by atoms with Gasteiger partial charge in [-0.15, -0.1) is 0 Å². The second kappa shape index (κ2) is 12.5. The van der Waals surface area contributed by atoms with Gasteiger partial charge < -0.3 is 9.80 Å². The van der Waals surface area contributed by atoms with Crippen LogP contribution in [0.5, 0.6) is 0 Å². The summed E-state index contributed by atoms with van der Waals surface area (Å²) in [5.74, 6) is 2.06. The fourth-order valence-electron chi connectivity index (χ4n) is 14.7. The van der Waals surface area contributed by atoms with E-state index >= 15 is 26.3 Å². The van der Waals surface area contributed by atoms with Gasteiger partial charge in [-0.25, -0.2) is 0 Å². The van der Waals surface area contributed by atoms with Gasteiger partial charge in [0, 0.05) is 43.5 Å². The first kappa shape index (κ1) is 42.2. The average molecular weight is 903 g/mol. The third-order valence-corrected chi connectivity index (χ3v) is 19.6. The van der Waals surface area contributed by atoms with Crippen molar-refractivity contribution in [3.63, 3.8) is 0 Å². The van der Waals surface area contributed by atoms with Crippen LogP contribution >= 0.6 is 11.3 Å². The minimum Gasteiger partial charge on any atom is -0.311 e. The van der Waals surface area contributed by atoms with Gasteiger partial charge in [-0.3, -0.25) is 0 Å². The third kappa shape index (κ3) is 5.38. The lowest BCUT2D eigenvalue weighted by Crippen LogP contribution is -2.87. The maximum atomic E-state index is 15.0. The van der Waals surface area contributed by atoms with Gasteiger partial charge in [0.1, 0.15) is 0 Å². The molecule has 10 heteroatoms. The molecule has 7 aliphatic rings. The molecular formula is C55H57BF6N2S. The molecule has 4 fully saturated rings. The van der Waals surface area contributed by atoms with Gasteiger partial charge in [-0.1, -0.05) is 93.5 Å². The van der Waals surface area contributed by atoms with E-state index in [9.17, 15) is 0 Å². The van der Waals surface area contributed by atoms with Crippen LogP contribution in [0.1, 0.15) is 146 Å². The van der Waals surface area contributed by atoms with Crippen molar-refractivity contribution in [1.29, 1.82) is 0 Å². The van der Waals surface area contributed by atoms with Crippen LogP contribution in [0.25, 0.3) is 0 Å². The highest BCUT2D eigenvalue weighted by Gasteiger charge is 2.87. The van der Waals surface area contributed by atoms with Gasteiger partial charge in [0.15, 0.2) is 0 Å². The summed E-state index contributed by atoms with van der Waals surface area (Å²) in [6.45, 7) is 21.9. The lowest BCUT2D eigenvalue weighted by molar-refractivity contribution is -0.395. The zero-order chi connectivity index (χ0) is 46.1. The zero-order valence-electron chi connectivity index (χ0n) is 39.1. The summed E-state index contributed by atoms with van der Waals surface area (Å²) in [7, 11) is 0. The highest BCUT2D eigenvalue weighted by molar-refractivity contribution is 7.29. The van der Waals surface area contributed by atoms with Crippen LogP contribution in [0.4, 0.5) is 60.5 Å². The molecule has 3 heterocycles. The smallest absolute Gasteiger partial charge is 0.311 e. The van der Waals surface area contributed by atoms with Gasteiger partial charge in [-0.2, -0.15) is 37.7 Å². The Kier molecular flexibility index (Phi) is 8.10. The van der Waals surface area contributed by atoms with Crippen LogP contribution in [0, 0.1) is 23.2 Å². The van der Waals surface area contributed by atoms with E-state index in [0.29, 0.717) is 23.4 Å². The molecule has 0 radical (unpaired) electrons. The summed E-state index contributed by atoms with van der Waals surface area (Å²) in [5, 5.41) is 0. The van der Waals surface area contributed by atoms with E-state index < -0.39 is 28.9 Å². The lowest BCUT2D eigenvalue weighted by atomic mass is 9.12. The average Bonchev–Trinajstić information content (AvgIpc) is 3.60. The van der Waals surface area contributed by atoms with Crippen LogP contribution < -0.4 is 25.5 Å². The molecule has 2 atom stereocenters. The van der Waals surface area contributed by atoms with Gasteiger partial charge >= 0.3 is 12.4 Å². The Labute approximate surface area is 383 Å². The third-order valence-electron chi connectivity index (χ3n) is 18.0. The van der Waals surface area contributed by atoms with Crippen molar-refractivity contribution >= 4 is 67.9 Å². The number of rotatable bonds is 3. The molecule has 12 rings (SSSR count). The fourth-order valence-corrected chi connectivity index (χ4v) is 16.4. The Morgan fingerprint density at radius 1 is 0.585 bits per heavy atom. The summed E-state index contributed by atoms with van der Waals surface area (Å²) in [6, 6.07) is 22.5. The molecule has 1 aromatic heterocycles. The molecule has 338 valence electrons. The Bertz CT molecular complexity index is 2830. The number of anilines is 6.